The third-order valence-corrected chi connectivity index (χ3v) is 3.79. The summed E-state index contributed by atoms with van der Waals surface area (Å²) in [4.78, 5) is 22.2. The van der Waals surface area contributed by atoms with Crippen LogP contribution in [0.25, 0.3) is 0 Å². The van der Waals surface area contributed by atoms with E-state index in [1.165, 1.54) is 12.1 Å². The van der Waals surface area contributed by atoms with E-state index in [0.717, 1.165) is 24.2 Å². The Morgan fingerprint density at radius 3 is 2.82 bits per heavy atom. The molecule has 1 unspecified atom stereocenters. The van der Waals surface area contributed by atoms with Gasteiger partial charge in [0.2, 0.25) is 0 Å². The molecule has 1 aromatic heterocycles. The lowest BCUT2D eigenvalue weighted by Gasteiger charge is -2.14. The van der Waals surface area contributed by atoms with Crippen molar-refractivity contribution in [1.82, 2.24) is 5.32 Å². The fourth-order valence-electron chi connectivity index (χ4n) is 1.66. The maximum absolute atomic E-state index is 11.8. The molecule has 0 saturated heterocycles. The normalized spacial score (nSPS) is 16.5. The summed E-state index contributed by atoms with van der Waals surface area (Å²) in [6.07, 6.45) is 2.18. The number of rotatable bonds is 5. The van der Waals surface area contributed by atoms with Gasteiger partial charge in [0.05, 0.1) is 9.80 Å². The maximum atomic E-state index is 11.8. The number of carbonyl (C=O) groups is 1. The minimum atomic E-state index is -0.497. The average molecular weight is 255 g/mol. The Balaban J connectivity index is 2.00. The Kier molecular flexibility index (Phi) is 3.39. The minimum absolute atomic E-state index is 0.0105. The van der Waals surface area contributed by atoms with Crippen LogP contribution in [0.1, 0.15) is 22.5 Å². The lowest BCUT2D eigenvalue weighted by atomic mass is 10.2. The Morgan fingerprint density at radius 2 is 2.35 bits per heavy atom. The van der Waals surface area contributed by atoms with E-state index in [4.69, 9.17) is 5.73 Å². The zero-order valence-electron chi connectivity index (χ0n) is 9.09. The molecule has 17 heavy (non-hydrogen) atoms. The highest BCUT2D eigenvalue weighted by molar-refractivity contribution is 7.17. The van der Waals surface area contributed by atoms with Crippen LogP contribution >= 0.6 is 11.3 Å². The highest BCUT2D eigenvalue weighted by Crippen LogP contribution is 2.32. The van der Waals surface area contributed by atoms with Crippen molar-refractivity contribution in [2.45, 2.75) is 18.9 Å². The van der Waals surface area contributed by atoms with Crippen LogP contribution in [0.15, 0.2) is 12.1 Å². The lowest BCUT2D eigenvalue weighted by Crippen LogP contribution is -2.41. The predicted octanol–water partition coefficient (Wildman–Crippen LogP) is 1.12. The number of nitro groups is 1. The van der Waals surface area contributed by atoms with E-state index >= 15 is 0 Å². The van der Waals surface area contributed by atoms with Gasteiger partial charge in [-0.1, -0.05) is 11.3 Å². The van der Waals surface area contributed by atoms with Crippen LogP contribution in [0.2, 0.25) is 0 Å². The fourth-order valence-corrected chi connectivity index (χ4v) is 2.38. The molecule has 92 valence electrons. The summed E-state index contributed by atoms with van der Waals surface area (Å²) in [5, 5.41) is 13.3. The van der Waals surface area contributed by atoms with Gasteiger partial charge in [0.1, 0.15) is 0 Å². The van der Waals surface area contributed by atoms with E-state index < -0.39 is 4.92 Å². The molecular formula is C10H13N3O3S. The minimum Gasteiger partial charge on any atom is -0.347 e. The van der Waals surface area contributed by atoms with Gasteiger partial charge in [-0.3, -0.25) is 14.9 Å². The number of nitrogens with two attached hydrogens (primary N) is 1. The molecule has 0 bridgehead atoms. The van der Waals surface area contributed by atoms with Gasteiger partial charge >= 0.3 is 5.00 Å². The molecule has 1 aliphatic carbocycles. The predicted molar refractivity (Wildman–Crippen MR) is 64.0 cm³/mol. The third kappa shape index (κ3) is 2.80. The van der Waals surface area contributed by atoms with Crippen molar-refractivity contribution in [2.24, 2.45) is 11.7 Å². The third-order valence-electron chi connectivity index (χ3n) is 2.76. The first-order chi connectivity index (χ1) is 8.11. The van der Waals surface area contributed by atoms with Gasteiger partial charge in [0, 0.05) is 18.7 Å². The lowest BCUT2D eigenvalue weighted by molar-refractivity contribution is -0.380. The molecule has 6 nitrogen and oxygen atoms in total. The standard InChI is InChI=1S/C10H13N3O3S/c11-5-7(6-1-2-6)12-10(14)8-3-4-9(17-8)13(15)16/h3-4,6-7H,1-2,5,11H2,(H,12,14). The molecule has 1 amide bonds. The summed E-state index contributed by atoms with van der Waals surface area (Å²) in [6.45, 7) is 0.407. The number of carbonyl (C=O) groups excluding carboxylic acids is 1. The molecule has 0 spiro atoms. The van der Waals surface area contributed by atoms with Gasteiger partial charge < -0.3 is 11.1 Å². The highest BCUT2D eigenvalue weighted by Gasteiger charge is 2.31. The first-order valence-electron chi connectivity index (χ1n) is 5.37. The summed E-state index contributed by atoms with van der Waals surface area (Å²) in [6, 6.07) is 2.80. The molecule has 1 fully saturated rings. The molecule has 1 atom stereocenters. The van der Waals surface area contributed by atoms with Gasteiger partial charge in [0.25, 0.3) is 5.91 Å². The van der Waals surface area contributed by atoms with Gasteiger partial charge in [-0.25, -0.2) is 0 Å². The molecule has 1 heterocycles. The van der Waals surface area contributed by atoms with Crippen molar-refractivity contribution >= 4 is 22.2 Å². The van der Waals surface area contributed by atoms with E-state index in [9.17, 15) is 14.9 Å². The van der Waals surface area contributed by atoms with Crippen LogP contribution in [-0.2, 0) is 0 Å². The van der Waals surface area contributed by atoms with Crippen molar-refractivity contribution in [3.63, 3.8) is 0 Å². The summed E-state index contributed by atoms with van der Waals surface area (Å²) < 4.78 is 0. The topological polar surface area (TPSA) is 98.3 Å². The molecule has 7 heteroatoms. The monoisotopic (exact) mass is 255 g/mol. The van der Waals surface area contributed by atoms with Crippen molar-refractivity contribution in [3.8, 4) is 0 Å². The van der Waals surface area contributed by atoms with E-state index in [2.05, 4.69) is 5.32 Å². The highest BCUT2D eigenvalue weighted by atomic mass is 32.1. The second-order valence-corrected chi connectivity index (χ2v) is 5.11. The first-order valence-corrected chi connectivity index (χ1v) is 6.18. The molecule has 0 aliphatic heterocycles. The molecular weight excluding hydrogens is 242 g/mol. The van der Waals surface area contributed by atoms with E-state index in [0.29, 0.717) is 17.3 Å². The molecule has 0 aromatic carbocycles. The first kappa shape index (κ1) is 12.0. The Hall–Kier alpha value is -1.47. The summed E-state index contributed by atoms with van der Waals surface area (Å²) in [5.41, 5.74) is 5.57. The SMILES string of the molecule is NCC(NC(=O)c1ccc([N+](=O)[O-])s1)C1CC1. The van der Waals surface area contributed by atoms with Crippen LogP contribution in [0, 0.1) is 16.0 Å². The Labute approximate surface area is 102 Å². The van der Waals surface area contributed by atoms with Gasteiger partial charge in [-0.15, -0.1) is 0 Å². The largest absolute Gasteiger partial charge is 0.347 e. The van der Waals surface area contributed by atoms with Gasteiger partial charge in [0.15, 0.2) is 0 Å². The second-order valence-electron chi connectivity index (χ2n) is 4.05. The number of amides is 1. The molecule has 1 aromatic rings. The molecule has 2 rings (SSSR count). The Morgan fingerprint density at radius 1 is 1.65 bits per heavy atom. The van der Waals surface area contributed by atoms with Crippen molar-refractivity contribution < 1.29 is 9.72 Å². The van der Waals surface area contributed by atoms with Gasteiger partial charge in [-0.2, -0.15) is 0 Å². The van der Waals surface area contributed by atoms with E-state index in [1.54, 1.807) is 0 Å². The van der Waals surface area contributed by atoms with Crippen LogP contribution in [0.5, 0.6) is 0 Å². The van der Waals surface area contributed by atoms with Crippen molar-refractivity contribution in [2.75, 3.05) is 6.54 Å². The molecule has 1 aliphatic rings. The molecule has 1 saturated carbocycles. The van der Waals surface area contributed by atoms with Crippen LogP contribution < -0.4 is 11.1 Å². The molecule has 3 N–H and O–H groups in total. The number of hydrogen-bond donors (Lipinski definition) is 2. The average Bonchev–Trinajstić information content (AvgIpc) is 3.01. The van der Waals surface area contributed by atoms with Crippen LogP contribution in [-0.4, -0.2) is 23.4 Å². The quantitative estimate of drug-likeness (QED) is 0.608. The second kappa shape index (κ2) is 4.80. The van der Waals surface area contributed by atoms with E-state index in [1.807, 2.05) is 0 Å². The summed E-state index contributed by atoms with van der Waals surface area (Å²) >= 11 is 0.882. The summed E-state index contributed by atoms with van der Waals surface area (Å²) in [7, 11) is 0. The number of thiophene rings is 1. The zero-order chi connectivity index (χ0) is 12.4. The van der Waals surface area contributed by atoms with Crippen LogP contribution in [0.3, 0.4) is 0 Å². The summed E-state index contributed by atoms with van der Waals surface area (Å²) in [5.74, 6) is 0.198. The maximum Gasteiger partial charge on any atom is 0.324 e. The smallest absolute Gasteiger partial charge is 0.324 e. The van der Waals surface area contributed by atoms with Crippen molar-refractivity contribution in [3.05, 3.63) is 27.1 Å². The van der Waals surface area contributed by atoms with Crippen LogP contribution in [0.4, 0.5) is 5.00 Å². The molecule has 0 radical (unpaired) electrons. The zero-order valence-corrected chi connectivity index (χ0v) is 9.90. The number of nitrogens with zero attached hydrogens (tertiary/aromatic N) is 1. The fraction of sp³-hybridized carbons (Fsp3) is 0.500. The van der Waals surface area contributed by atoms with E-state index in [-0.39, 0.29) is 17.0 Å². The number of hydrogen-bond acceptors (Lipinski definition) is 5. The van der Waals surface area contributed by atoms with Gasteiger partial charge in [-0.05, 0) is 24.8 Å². The number of nitrogens with one attached hydrogen (secondary N) is 1. The van der Waals surface area contributed by atoms with Crippen molar-refractivity contribution in [1.29, 1.82) is 0 Å². The Bertz CT molecular complexity index is 442.